The molecule has 0 radical (unpaired) electrons. The van der Waals surface area contributed by atoms with E-state index in [0.717, 1.165) is 0 Å². The van der Waals surface area contributed by atoms with Crippen LogP contribution in [0.1, 0.15) is 27.7 Å². The molecule has 0 saturated heterocycles. The summed E-state index contributed by atoms with van der Waals surface area (Å²) in [7, 11) is -3.93. The van der Waals surface area contributed by atoms with E-state index in [1.807, 2.05) is 0 Å². The lowest BCUT2D eigenvalue weighted by Crippen LogP contribution is -2.54. The second-order valence-corrected chi connectivity index (χ2v) is 8.08. The van der Waals surface area contributed by atoms with Crippen LogP contribution >= 0.6 is 11.6 Å². The molecule has 2 amide bonds. The Kier molecular flexibility index (Phi) is 7.85. The normalized spacial score (nSPS) is 14.0. The minimum absolute atomic E-state index is 0.0322. The number of carbonyl (C=O) groups excluding carboxylic acids is 2. The van der Waals surface area contributed by atoms with Gasteiger partial charge in [-0.05, 0) is 38.0 Å². The molecule has 9 heteroatoms. The molecule has 1 aromatic carbocycles. The van der Waals surface area contributed by atoms with Gasteiger partial charge in [0.25, 0.3) is 0 Å². The molecule has 25 heavy (non-hydrogen) atoms. The van der Waals surface area contributed by atoms with Gasteiger partial charge in [-0.25, -0.2) is 8.42 Å². The van der Waals surface area contributed by atoms with Crippen LogP contribution in [-0.2, 0) is 19.6 Å². The molecule has 140 valence electrons. The maximum Gasteiger partial charge on any atom is 0.242 e. The summed E-state index contributed by atoms with van der Waals surface area (Å²) in [5.74, 6) is -1.23. The van der Waals surface area contributed by atoms with Gasteiger partial charge >= 0.3 is 0 Å². The Morgan fingerprint density at radius 3 is 2.32 bits per heavy atom. The van der Waals surface area contributed by atoms with Crippen molar-refractivity contribution in [3.63, 3.8) is 0 Å². The molecule has 1 unspecified atom stereocenters. The number of hydrogen-bond donors (Lipinski definition) is 3. The number of likely N-dealkylation sites (N-methyl/N-ethyl adjacent to an activating group) is 1. The molecule has 0 bridgehead atoms. The fourth-order valence-electron chi connectivity index (χ4n) is 2.06. The van der Waals surface area contributed by atoms with Crippen LogP contribution in [0.2, 0.25) is 5.02 Å². The first-order valence-corrected chi connectivity index (χ1v) is 9.80. The smallest absolute Gasteiger partial charge is 0.242 e. The van der Waals surface area contributed by atoms with E-state index in [2.05, 4.69) is 15.4 Å². The predicted molar refractivity (Wildman–Crippen MR) is 96.7 cm³/mol. The highest BCUT2D eigenvalue weighted by atomic mass is 35.5. The Labute approximate surface area is 153 Å². The SMILES string of the molecule is CCNC(=O)C(C)NC(=O)[C@@H](NS(=O)(=O)c1cccc(Cl)c1)C(C)C. The highest BCUT2D eigenvalue weighted by Crippen LogP contribution is 2.16. The van der Waals surface area contributed by atoms with E-state index in [1.54, 1.807) is 26.8 Å². The van der Waals surface area contributed by atoms with Crippen molar-refractivity contribution >= 4 is 33.4 Å². The van der Waals surface area contributed by atoms with E-state index in [4.69, 9.17) is 11.6 Å². The molecule has 1 rings (SSSR count). The van der Waals surface area contributed by atoms with Crippen LogP contribution in [0.25, 0.3) is 0 Å². The number of benzene rings is 1. The lowest BCUT2D eigenvalue weighted by Gasteiger charge is -2.23. The number of hydrogen-bond acceptors (Lipinski definition) is 4. The van der Waals surface area contributed by atoms with E-state index in [-0.39, 0.29) is 21.7 Å². The Morgan fingerprint density at radius 2 is 1.80 bits per heavy atom. The van der Waals surface area contributed by atoms with Crippen LogP contribution < -0.4 is 15.4 Å². The van der Waals surface area contributed by atoms with E-state index in [9.17, 15) is 18.0 Å². The quantitative estimate of drug-likeness (QED) is 0.623. The third-order valence-corrected chi connectivity index (χ3v) is 5.11. The molecule has 0 aliphatic heterocycles. The summed E-state index contributed by atoms with van der Waals surface area (Å²) >= 11 is 5.83. The highest BCUT2D eigenvalue weighted by Gasteiger charge is 2.30. The average Bonchev–Trinajstić information content (AvgIpc) is 2.52. The van der Waals surface area contributed by atoms with Crippen molar-refractivity contribution in [3.05, 3.63) is 29.3 Å². The molecule has 2 atom stereocenters. The Hall–Kier alpha value is -1.64. The molecule has 0 saturated carbocycles. The molecule has 3 N–H and O–H groups in total. The Bertz CT molecular complexity index is 722. The maximum absolute atomic E-state index is 12.5. The lowest BCUT2D eigenvalue weighted by molar-refractivity contribution is -0.129. The van der Waals surface area contributed by atoms with Crippen LogP contribution in [0.4, 0.5) is 0 Å². The number of nitrogens with one attached hydrogen (secondary N) is 3. The molecule has 0 aromatic heterocycles. The first-order chi connectivity index (χ1) is 11.6. The Balaban J connectivity index is 2.93. The standard InChI is InChI=1S/C16H24ClN3O4S/c1-5-18-15(21)11(4)19-16(22)14(10(2)3)20-25(23,24)13-8-6-7-12(17)9-13/h6-11,14,20H,5H2,1-4H3,(H,18,21)(H,19,22)/t11?,14-/m0/s1. The third kappa shape index (κ3) is 6.30. The van der Waals surface area contributed by atoms with Crippen molar-refractivity contribution in [2.45, 2.75) is 44.7 Å². The van der Waals surface area contributed by atoms with Gasteiger partial charge in [0.05, 0.1) is 4.90 Å². The van der Waals surface area contributed by atoms with Gasteiger partial charge in [-0.1, -0.05) is 31.5 Å². The fourth-order valence-corrected chi connectivity index (χ4v) is 3.70. The monoisotopic (exact) mass is 389 g/mol. The topological polar surface area (TPSA) is 104 Å². The number of sulfonamides is 1. The van der Waals surface area contributed by atoms with Gasteiger partial charge in [-0.3, -0.25) is 9.59 Å². The first-order valence-electron chi connectivity index (χ1n) is 7.94. The summed E-state index contributed by atoms with van der Waals surface area (Å²) < 4.78 is 27.4. The van der Waals surface area contributed by atoms with Crippen LogP contribution in [0, 0.1) is 5.92 Å². The van der Waals surface area contributed by atoms with Crippen molar-refractivity contribution in [1.82, 2.24) is 15.4 Å². The van der Waals surface area contributed by atoms with Crippen molar-refractivity contribution < 1.29 is 18.0 Å². The summed E-state index contributed by atoms with van der Waals surface area (Å²) in [6.07, 6.45) is 0. The lowest BCUT2D eigenvalue weighted by atomic mass is 10.0. The zero-order valence-electron chi connectivity index (χ0n) is 14.7. The van der Waals surface area contributed by atoms with Gasteiger partial charge in [-0.15, -0.1) is 0 Å². The number of amides is 2. The molecule has 0 aliphatic carbocycles. The molecule has 0 spiro atoms. The minimum Gasteiger partial charge on any atom is -0.355 e. The van der Waals surface area contributed by atoms with Gasteiger partial charge in [0, 0.05) is 11.6 Å². The molecular formula is C16H24ClN3O4S. The van der Waals surface area contributed by atoms with Crippen LogP contribution in [0.5, 0.6) is 0 Å². The average molecular weight is 390 g/mol. The van der Waals surface area contributed by atoms with Crippen LogP contribution in [0.15, 0.2) is 29.2 Å². The van der Waals surface area contributed by atoms with Gasteiger partial charge in [-0.2, -0.15) is 4.72 Å². The molecular weight excluding hydrogens is 366 g/mol. The van der Waals surface area contributed by atoms with Crippen molar-refractivity contribution in [2.75, 3.05) is 6.54 Å². The van der Waals surface area contributed by atoms with E-state index < -0.39 is 28.0 Å². The highest BCUT2D eigenvalue weighted by molar-refractivity contribution is 7.89. The predicted octanol–water partition coefficient (Wildman–Crippen LogP) is 1.28. The summed E-state index contributed by atoms with van der Waals surface area (Å²) in [5.41, 5.74) is 0. The summed E-state index contributed by atoms with van der Waals surface area (Å²) in [6, 6.07) is 3.96. The van der Waals surface area contributed by atoms with E-state index >= 15 is 0 Å². The van der Waals surface area contributed by atoms with Crippen molar-refractivity contribution in [1.29, 1.82) is 0 Å². The summed E-state index contributed by atoms with van der Waals surface area (Å²) in [6.45, 7) is 7.16. The van der Waals surface area contributed by atoms with Crippen molar-refractivity contribution in [3.8, 4) is 0 Å². The minimum atomic E-state index is -3.93. The third-order valence-electron chi connectivity index (χ3n) is 3.44. The largest absolute Gasteiger partial charge is 0.355 e. The maximum atomic E-state index is 12.5. The van der Waals surface area contributed by atoms with Crippen LogP contribution in [0.3, 0.4) is 0 Å². The van der Waals surface area contributed by atoms with Gasteiger partial charge < -0.3 is 10.6 Å². The first kappa shape index (κ1) is 21.4. The zero-order chi connectivity index (χ0) is 19.2. The van der Waals surface area contributed by atoms with E-state index in [1.165, 1.54) is 25.1 Å². The number of carbonyl (C=O) groups is 2. The second-order valence-electron chi connectivity index (χ2n) is 5.93. The fraction of sp³-hybridized carbons (Fsp3) is 0.500. The zero-order valence-corrected chi connectivity index (χ0v) is 16.2. The molecule has 1 aromatic rings. The second kappa shape index (κ2) is 9.17. The summed E-state index contributed by atoms with van der Waals surface area (Å²) in [5, 5.41) is 5.40. The molecule has 7 nitrogen and oxygen atoms in total. The number of halogens is 1. The number of rotatable bonds is 8. The van der Waals surface area contributed by atoms with E-state index in [0.29, 0.717) is 6.54 Å². The summed E-state index contributed by atoms with van der Waals surface area (Å²) in [4.78, 5) is 24.1. The van der Waals surface area contributed by atoms with Gasteiger partial charge in [0.2, 0.25) is 21.8 Å². The Morgan fingerprint density at radius 1 is 1.16 bits per heavy atom. The van der Waals surface area contributed by atoms with Crippen molar-refractivity contribution in [2.24, 2.45) is 5.92 Å². The van der Waals surface area contributed by atoms with Gasteiger partial charge in [0.1, 0.15) is 12.1 Å². The molecule has 0 heterocycles. The molecule has 0 fully saturated rings. The van der Waals surface area contributed by atoms with Crippen LogP contribution in [-0.4, -0.2) is 38.9 Å². The molecule has 0 aliphatic rings. The van der Waals surface area contributed by atoms with Gasteiger partial charge in [0.15, 0.2) is 0 Å².